The number of nitrogens with zero attached hydrogens (tertiary/aromatic N) is 1. The van der Waals surface area contributed by atoms with Gasteiger partial charge >= 0.3 is 0 Å². The maximum Gasteiger partial charge on any atom is 0.247 e. The SMILES string of the molecule is COc1cccc(NC(=O)C(C)N2C(=O)C3C4C=CC(C5CC45)C3C2=O)c1. The maximum atomic E-state index is 13.1. The van der Waals surface area contributed by atoms with Crippen molar-refractivity contribution >= 4 is 23.4 Å². The topological polar surface area (TPSA) is 75.7 Å². The molecule has 1 aromatic rings. The van der Waals surface area contributed by atoms with E-state index in [1.807, 2.05) is 0 Å². The van der Waals surface area contributed by atoms with Crippen molar-refractivity contribution in [2.75, 3.05) is 12.4 Å². The average Bonchev–Trinajstić information content (AvgIpc) is 3.45. The van der Waals surface area contributed by atoms with Gasteiger partial charge in [0.1, 0.15) is 11.8 Å². The van der Waals surface area contributed by atoms with Crippen LogP contribution in [-0.4, -0.2) is 35.8 Å². The number of rotatable bonds is 4. The summed E-state index contributed by atoms with van der Waals surface area (Å²) in [5.74, 6) is 0.797. The molecule has 6 heteroatoms. The second kappa shape index (κ2) is 5.68. The highest BCUT2D eigenvalue weighted by Crippen LogP contribution is 2.65. The van der Waals surface area contributed by atoms with Gasteiger partial charge in [0, 0.05) is 11.8 Å². The van der Waals surface area contributed by atoms with Gasteiger partial charge in [-0.15, -0.1) is 0 Å². The fourth-order valence-corrected chi connectivity index (χ4v) is 5.43. The quantitative estimate of drug-likeness (QED) is 0.654. The van der Waals surface area contributed by atoms with E-state index in [1.165, 1.54) is 4.90 Å². The van der Waals surface area contributed by atoms with E-state index in [4.69, 9.17) is 4.74 Å². The molecule has 2 bridgehead atoms. The van der Waals surface area contributed by atoms with Crippen LogP contribution in [0.25, 0.3) is 0 Å². The molecule has 5 aliphatic rings. The molecule has 1 N–H and O–H groups in total. The van der Waals surface area contributed by atoms with Crippen LogP contribution in [-0.2, 0) is 14.4 Å². The smallest absolute Gasteiger partial charge is 0.247 e. The molecule has 4 aliphatic carbocycles. The Labute approximate surface area is 157 Å². The highest BCUT2D eigenvalue weighted by molar-refractivity contribution is 6.10. The van der Waals surface area contributed by atoms with Gasteiger partial charge in [0.25, 0.3) is 0 Å². The number of methoxy groups -OCH3 is 1. The number of ether oxygens (including phenoxy) is 1. The van der Waals surface area contributed by atoms with Crippen molar-refractivity contribution in [3.8, 4) is 5.75 Å². The van der Waals surface area contributed by atoms with Gasteiger partial charge in [-0.2, -0.15) is 0 Å². The number of amides is 3. The lowest BCUT2D eigenvalue weighted by molar-refractivity contribution is -0.146. The molecule has 6 rings (SSSR count). The highest BCUT2D eigenvalue weighted by atomic mass is 16.5. The molecule has 1 aromatic carbocycles. The largest absolute Gasteiger partial charge is 0.497 e. The van der Waals surface area contributed by atoms with Crippen molar-refractivity contribution in [3.63, 3.8) is 0 Å². The molecule has 6 nitrogen and oxygen atoms in total. The molecular weight excluding hydrogens is 344 g/mol. The molecule has 1 heterocycles. The Balaban J connectivity index is 1.36. The van der Waals surface area contributed by atoms with Crippen molar-refractivity contribution in [2.45, 2.75) is 19.4 Å². The van der Waals surface area contributed by atoms with Crippen molar-refractivity contribution in [1.82, 2.24) is 4.90 Å². The minimum absolute atomic E-state index is 0.167. The van der Waals surface area contributed by atoms with Gasteiger partial charge < -0.3 is 10.1 Å². The fourth-order valence-electron chi connectivity index (χ4n) is 5.43. The first kappa shape index (κ1) is 16.5. The van der Waals surface area contributed by atoms with Crippen LogP contribution in [0.15, 0.2) is 36.4 Å². The van der Waals surface area contributed by atoms with Gasteiger partial charge in [-0.1, -0.05) is 18.2 Å². The van der Waals surface area contributed by atoms with Crippen LogP contribution in [0.4, 0.5) is 5.69 Å². The Morgan fingerprint density at radius 3 is 2.37 bits per heavy atom. The molecule has 7 unspecified atom stereocenters. The van der Waals surface area contributed by atoms with E-state index in [2.05, 4.69) is 17.5 Å². The predicted molar refractivity (Wildman–Crippen MR) is 97.6 cm³/mol. The Bertz CT molecular complexity index is 843. The van der Waals surface area contributed by atoms with Gasteiger partial charge in [-0.05, 0) is 49.1 Å². The summed E-state index contributed by atoms with van der Waals surface area (Å²) in [5, 5.41) is 2.79. The standard InChI is InChI=1S/C21H22N2O4/c1-10(19(24)22-11-4-3-5-12(8-11)27-2)23-20(25)17-13-6-7-14(16-9-15(13)16)18(17)21(23)26/h3-8,10,13-18H,9H2,1-2H3,(H,22,24). The van der Waals surface area contributed by atoms with Gasteiger partial charge in [-0.25, -0.2) is 0 Å². The lowest BCUT2D eigenvalue weighted by Gasteiger charge is -2.37. The molecule has 3 fully saturated rings. The van der Waals surface area contributed by atoms with Crippen molar-refractivity contribution < 1.29 is 19.1 Å². The van der Waals surface area contributed by atoms with Gasteiger partial charge in [-0.3, -0.25) is 19.3 Å². The molecule has 7 atom stereocenters. The summed E-state index contributed by atoms with van der Waals surface area (Å²) in [6.45, 7) is 1.62. The van der Waals surface area contributed by atoms with E-state index in [9.17, 15) is 14.4 Å². The Hall–Kier alpha value is -2.63. The summed E-state index contributed by atoms with van der Waals surface area (Å²) >= 11 is 0. The first-order chi connectivity index (χ1) is 13.0. The summed E-state index contributed by atoms with van der Waals surface area (Å²) in [6.07, 6.45) is 5.40. The summed E-state index contributed by atoms with van der Waals surface area (Å²) in [6, 6.07) is 6.17. The number of anilines is 1. The first-order valence-electron chi connectivity index (χ1n) is 9.51. The minimum atomic E-state index is -0.836. The Kier molecular flexibility index (Phi) is 3.48. The number of hydrogen-bond donors (Lipinski definition) is 1. The number of imide groups is 1. The fraction of sp³-hybridized carbons (Fsp3) is 0.476. The van der Waals surface area contributed by atoms with Crippen LogP contribution in [0.3, 0.4) is 0 Å². The van der Waals surface area contributed by atoms with Crippen LogP contribution in [0.5, 0.6) is 5.75 Å². The summed E-state index contributed by atoms with van der Waals surface area (Å²) < 4.78 is 5.16. The van der Waals surface area contributed by atoms with Gasteiger partial charge in [0.05, 0.1) is 18.9 Å². The number of allylic oxidation sites excluding steroid dienone is 2. The minimum Gasteiger partial charge on any atom is -0.497 e. The molecule has 1 saturated heterocycles. The molecular formula is C21H22N2O4. The van der Waals surface area contributed by atoms with Gasteiger partial charge in [0.2, 0.25) is 17.7 Å². The van der Waals surface area contributed by atoms with Crippen molar-refractivity contribution in [3.05, 3.63) is 36.4 Å². The third kappa shape index (κ3) is 2.28. The highest BCUT2D eigenvalue weighted by Gasteiger charge is 2.67. The third-order valence-corrected chi connectivity index (χ3v) is 6.80. The van der Waals surface area contributed by atoms with Crippen LogP contribution in [0, 0.1) is 35.5 Å². The number of nitrogens with one attached hydrogen (secondary N) is 1. The molecule has 27 heavy (non-hydrogen) atoms. The lowest BCUT2D eigenvalue weighted by atomic mass is 9.63. The number of carbonyl (C=O) groups is 3. The van der Waals surface area contributed by atoms with Gasteiger partial charge in [0.15, 0.2) is 0 Å². The average molecular weight is 366 g/mol. The monoisotopic (exact) mass is 366 g/mol. The van der Waals surface area contributed by atoms with E-state index >= 15 is 0 Å². The predicted octanol–water partition coefficient (Wildman–Crippen LogP) is 2.08. The van der Waals surface area contributed by atoms with E-state index in [-0.39, 0.29) is 41.4 Å². The number of hydrogen-bond acceptors (Lipinski definition) is 4. The van der Waals surface area contributed by atoms with Crippen LogP contribution in [0.2, 0.25) is 0 Å². The number of benzene rings is 1. The van der Waals surface area contributed by atoms with Crippen LogP contribution >= 0.6 is 0 Å². The second-order valence-electron chi connectivity index (χ2n) is 8.10. The molecule has 0 spiro atoms. The Morgan fingerprint density at radius 2 is 1.78 bits per heavy atom. The zero-order valence-corrected chi connectivity index (χ0v) is 15.3. The van der Waals surface area contributed by atoms with E-state index in [0.717, 1.165) is 6.42 Å². The van der Waals surface area contributed by atoms with Crippen molar-refractivity contribution in [1.29, 1.82) is 0 Å². The number of likely N-dealkylation sites (tertiary alicyclic amines) is 1. The molecule has 2 saturated carbocycles. The summed E-state index contributed by atoms with van der Waals surface area (Å²) in [5.41, 5.74) is 0.575. The van der Waals surface area contributed by atoms with E-state index < -0.39 is 6.04 Å². The summed E-state index contributed by atoms with van der Waals surface area (Å²) in [4.78, 5) is 40.1. The molecule has 0 radical (unpaired) electrons. The van der Waals surface area contributed by atoms with E-state index in [0.29, 0.717) is 23.3 Å². The zero-order valence-electron chi connectivity index (χ0n) is 15.3. The molecule has 140 valence electrons. The molecule has 3 amide bonds. The lowest BCUT2D eigenvalue weighted by Crippen LogP contribution is -2.46. The van der Waals surface area contributed by atoms with E-state index in [1.54, 1.807) is 38.3 Å². The first-order valence-corrected chi connectivity index (χ1v) is 9.51. The summed E-state index contributed by atoms with van der Waals surface area (Å²) in [7, 11) is 1.56. The normalized spacial score (nSPS) is 36.3. The van der Waals surface area contributed by atoms with Crippen LogP contribution in [0.1, 0.15) is 13.3 Å². The zero-order chi connectivity index (χ0) is 18.9. The maximum absolute atomic E-state index is 13.1. The third-order valence-electron chi connectivity index (χ3n) is 6.80. The van der Waals surface area contributed by atoms with Crippen molar-refractivity contribution in [2.24, 2.45) is 35.5 Å². The molecule has 1 aliphatic heterocycles. The Morgan fingerprint density at radius 1 is 1.15 bits per heavy atom. The second-order valence-corrected chi connectivity index (χ2v) is 8.10. The van der Waals surface area contributed by atoms with Crippen LogP contribution < -0.4 is 10.1 Å². The number of carbonyl (C=O) groups excluding carboxylic acids is 3. The molecule has 0 aromatic heterocycles.